The van der Waals surface area contributed by atoms with Gasteiger partial charge in [0.25, 0.3) is 0 Å². The van der Waals surface area contributed by atoms with Crippen LogP contribution in [0.4, 0.5) is 10.5 Å². The number of carbonyl (C=O) groups excluding carboxylic acids is 3. The lowest BCUT2D eigenvalue weighted by atomic mass is 10.1. The van der Waals surface area contributed by atoms with Gasteiger partial charge in [0.1, 0.15) is 18.3 Å². The topological polar surface area (TPSA) is 82.2 Å². The maximum absolute atomic E-state index is 12.6. The molecule has 2 heterocycles. The minimum Gasteiger partial charge on any atom is -0.495 e. The number of hydrogen-bond donors (Lipinski definition) is 1. The second kappa shape index (κ2) is 7.03. The molecule has 0 aliphatic carbocycles. The Kier molecular flexibility index (Phi) is 4.95. The first-order valence-corrected chi connectivity index (χ1v) is 8.65. The third-order valence-electron chi connectivity index (χ3n) is 4.72. The summed E-state index contributed by atoms with van der Waals surface area (Å²) in [4.78, 5) is 41.7. The third kappa shape index (κ3) is 3.29. The van der Waals surface area contributed by atoms with Gasteiger partial charge in [0, 0.05) is 25.8 Å². The van der Waals surface area contributed by atoms with Gasteiger partial charge in [-0.05, 0) is 25.1 Å². The monoisotopic (exact) mass is 380 g/mol. The summed E-state index contributed by atoms with van der Waals surface area (Å²) in [5.74, 6) is 0.0968. The van der Waals surface area contributed by atoms with Gasteiger partial charge in [0.15, 0.2) is 0 Å². The summed E-state index contributed by atoms with van der Waals surface area (Å²) < 4.78 is 5.07. The number of methoxy groups -OCH3 is 1. The highest BCUT2D eigenvalue weighted by molar-refractivity contribution is 6.32. The number of halogens is 1. The van der Waals surface area contributed by atoms with Gasteiger partial charge in [-0.3, -0.25) is 9.59 Å². The molecular weight excluding hydrogens is 360 g/mol. The van der Waals surface area contributed by atoms with E-state index in [1.165, 1.54) is 12.0 Å². The number of nitrogens with one attached hydrogen (secondary N) is 1. The maximum Gasteiger partial charge on any atom is 0.321 e. The minimum absolute atomic E-state index is 0.0832. The van der Waals surface area contributed by atoms with Crippen LogP contribution < -0.4 is 10.1 Å². The lowest BCUT2D eigenvalue weighted by Gasteiger charge is -2.38. The first-order valence-electron chi connectivity index (χ1n) is 8.27. The van der Waals surface area contributed by atoms with Crippen LogP contribution in [0, 0.1) is 0 Å². The molecular formula is C17H21ClN4O4. The number of hydrogen-bond acceptors (Lipinski definition) is 4. The third-order valence-corrected chi connectivity index (χ3v) is 5.02. The molecule has 0 aromatic heterocycles. The van der Waals surface area contributed by atoms with E-state index >= 15 is 0 Å². The van der Waals surface area contributed by atoms with Crippen LogP contribution in [-0.4, -0.2) is 78.4 Å². The molecule has 3 rings (SSSR count). The van der Waals surface area contributed by atoms with E-state index in [1.807, 2.05) is 0 Å². The van der Waals surface area contributed by atoms with Crippen molar-refractivity contribution in [1.82, 2.24) is 14.7 Å². The summed E-state index contributed by atoms with van der Waals surface area (Å²) in [6, 6.07) is 4.02. The zero-order chi connectivity index (χ0) is 19.0. The molecule has 9 heteroatoms. The summed E-state index contributed by atoms with van der Waals surface area (Å²) in [6.07, 6.45) is 0. The predicted octanol–water partition coefficient (Wildman–Crippen LogP) is 1.25. The fraction of sp³-hybridized carbons (Fsp3) is 0.471. The molecule has 0 spiro atoms. The molecule has 1 aromatic carbocycles. The Bertz CT molecular complexity index is 756. The van der Waals surface area contributed by atoms with Gasteiger partial charge in [-0.25, -0.2) is 4.79 Å². The molecule has 0 bridgehead atoms. The molecule has 0 saturated carbocycles. The number of benzene rings is 1. The number of nitrogens with zero attached hydrogens (tertiary/aromatic N) is 3. The fourth-order valence-electron chi connectivity index (χ4n) is 3.46. The predicted molar refractivity (Wildman–Crippen MR) is 96.3 cm³/mol. The lowest BCUT2D eigenvalue weighted by Crippen LogP contribution is -2.58. The first kappa shape index (κ1) is 18.3. The molecule has 4 amide bonds. The summed E-state index contributed by atoms with van der Waals surface area (Å²) in [7, 11) is 3.24. The molecule has 8 nitrogen and oxygen atoms in total. The molecule has 2 aliphatic heterocycles. The number of carbonyl (C=O) groups is 3. The molecule has 26 heavy (non-hydrogen) atoms. The summed E-state index contributed by atoms with van der Waals surface area (Å²) >= 11 is 6.05. The highest BCUT2D eigenvalue weighted by atomic mass is 35.5. The molecule has 1 aromatic rings. The molecule has 2 fully saturated rings. The Labute approximate surface area is 156 Å². The average Bonchev–Trinajstić information content (AvgIpc) is 2.88. The van der Waals surface area contributed by atoms with Crippen molar-refractivity contribution in [1.29, 1.82) is 0 Å². The minimum atomic E-state index is -0.514. The number of likely N-dealkylation sites (N-methyl/N-ethyl adjacent to an activating group) is 1. The lowest BCUT2D eigenvalue weighted by molar-refractivity contribution is -0.139. The van der Waals surface area contributed by atoms with Crippen LogP contribution in [0.15, 0.2) is 18.2 Å². The zero-order valence-corrected chi connectivity index (χ0v) is 15.6. The fourth-order valence-corrected chi connectivity index (χ4v) is 3.72. The van der Waals surface area contributed by atoms with Crippen molar-refractivity contribution < 1.29 is 19.1 Å². The van der Waals surface area contributed by atoms with Gasteiger partial charge in [0.2, 0.25) is 11.8 Å². The summed E-state index contributed by atoms with van der Waals surface area (Å²) in [5, 5.41) is 3.11. The number of ether oxygens (including phenoxy) is 1. The highest BCUT2D eigenvalue weighted by Crippen LogP contribution is 2.28. The van der Waals surface area contributed by atoms with Crippen LogP contribution >= 0.6 is 11.6 Å². The van der Waals surface area contributed by atoms with E-state index in [0.29, 0.717) is 29.5 Å². The standard InChI is InChI=1S/C17H21ClN4O4/c1-10-16(24)20(2)7-12-8-21(17(25)22(10)12)9-15(23)19-11-4-5-14(26-3)13(18)6-11/h4-6,10,12H,7-9H2,1-3H3,(H,19,23)/t10-,12+/m0/s1. The van der Waals surface area contributed by atoms with E-state index in [9.17, 15) is 14.4 Å². The van der Waals surface area contributed by atoms with Crippen LogP contribution in [0.1, 0.15) is 6.92 Å². The SMILES string of the molecule is COc1ccc(NC(=O)CN2C[C@H]3CN(C)C(=O)[C@H](C)N3C2=O)cc1Cl. The van der Waals surface area contributed by atoms with E-state index in [2.05, 4.69) is 5.32 Å². The largest absolute Gasteiger partial charge is 0.495 e. The van der Waals surface area contributed by atoms with Crippen molar-refractivity contribution in [3.63, 3.8) is 0 Å². The second-order valence-electron chi connectivity index (χ2n) is 6.52. The van der Waals surface area contributed by atoms with Crippen molar-refractivity contribution in [2.75, 3.05) is 39.1 Å². The number of urea groups is 1. The summed E-state index contributed by atoms with van der Waals surface area (Å²) in [5.41, 5.74) is 0.522. The quantitative estimate of drug-likeness (QED) is 0.852. The van der Waals surface area contributed by atoms with Crippen molar-refractivity contribution in [3.8, 4) is 5.75 Å². The Morgan fingerprint density at radius 1 is 1.35 bits per heavy atom. The highest BCUT2D eigenvalue weighted by Gasteiger charge is 2.47. The van der Waals surface area contributed by atoms with Crippen molar-refractivity contribution in [2.45, 2.75) is 19.0 Å². The van der Waals surface area contributed by atoms with E-state index in [4.69, 9.17) is 16.3 Å². The van der Waals surface area contributed by atoms with Crippen LogP contribution in [0.25, 0.3) is 0 Å². The van der Waals surface area contributed by atoms with Gasteiger partial charge in [-0.2, -0.15) is 0 Å². The Hall–Kier alpha value is -2.48. The summed E-state index contributed by atoms with van der Waals surface area (Å²) in [6.45, 7) is 2.52. The Balaban J connectivity index is 1.64. The first-order chi connectivity index (χ1) is 12.3. The van der Waals surface area contributed by atoms with E-state index < -0.39 is 6.04 Å². The average molecular weight is 381 g/mol. The van der Waals surface area contributed by atoms with Crippen LogP contribution in [0.2, 0.25) is 5.02 Å². The smallest absolute Gasteiger partial charge is 0.321 e. The van der Waals surface area contributed by atoms with Crippen LogP contribution in [0.3, 0.4) is 0 Å². The van der Waals surface area contributed by atoms with Gasteiger partial charge in [0.05, 0.1) is 18.2 Å². The molecule has 0 unspecified atom stereocenters. The Morgan fingerprint density at radius 2 is 2.08 bits per heavy atom. The molecule has 140 valence electrons. The number of amides is 4. The van der Waals surface area contributed by atoms with E-state index in [-0.39, 0.29) is 30.4 Å². The zero-order valence-electron chi connectivity index (χ0n) is 14.9. The number of anilines is 1. The van der Waals surface area contributed by atoms with Crippen LogP contribution in [-0.2, 0) is 9.59 Å². The molecule has 0 radical (unpaired) electrons. The molecule has 2 saturated heterocycles. The molecule has 2 atom stereocenters. The second-order valence-corrected chi connectivity index (χ2v) is 6.92. The van der Waals surface area contributed by atoms with Gasteiger partial charge < -0.3 is 24.8 Å². The Morgan fingerprint density at radius 3 is 2.73 bits per heavy atom. The van der Waals surface area contributed by atoms with Gasteiger partial charge >= 0.3 is 6.03 Å². The normalized spacial score (nSPS) is 22.5. The van der Waals surface area contributed by atoms with Crippen LogP contribution in [0.5, 0.6) is 5.75 Å². The number of piperazine rings is 1. The molecule has 1 N–H and O–H groups in total. The molecule has 2 aliphatic rings. The number of fused-ring (bicyclic) bond motifs is 1. The van der Waals surface area contributed by atoms with Crippen molar-refractivity contribution >= 4 is 35.1 Å². The van der Waals surface area contributed by atoms with Gasteiger partial charge in [-0.15, -0.1) is 0 Å². The van der Waals surface area contributed by atoms with E-state index in [1.54, 1.807) is 42.0 Å². The van der Waals surface area contributed by atoms with Crippen molar-refractivity contribution in [3.05, 3.63) is 23.2 Å². The number of rotatable bonds is 4. The van der Waals surface area contributed by atoms with Gasteiger partial charge in [-0.1, -0.05) is 11.6 Å². The maximum atomic E-state index is 12.6. The van der Waals surface area contributed by atoms with E-state index in [0.717, 1.165) is 0 Å². The van der Waals surface area contributed by atoms with Crippen molar-refractivity contribution in [2.24, 2.45) is 0 Å².